The highest BCUT2D eigenvalue weighted by Crippen LogP contribution is 2.35. The molecule has 1 unspecified atom stereocenters. The molecule has 2 heterocycles. The number of fused-ring (bicyclic) bond motifs is 1. The van der Waals surface area contributed by atoms with Crippen molar-refractivity contribution in [3.8, 4) is 5.75 Å². The molecule has 0 spiro atoms. The molecule has 32 heavy (non-hydrogen) atoms. The molecule has 0 radical (unpaired) electrons. The van der Waals surface area contributed by atoms with E-state index in [1.165, 1.54) is 31.3 Å². The van der Waals surface area contributed by atoms with E-state index in [1.54, 1.807) is 6.20 Å². The van der Waals surface area contributed by atoms with Crippen molar-refractivity contribution in [2.45, 2.75) is 24.8 Å². The molecule has 3 aromatic rings. The van der Waals surface area contributed by atoms with Gasteiger partial charge in [0, 0.05) is 11.8 Å². The Kier molecular flexibility index (Phi) is 5.59. The standard InChI is InChI=1S/C22H20F3N3O3S/c1-14-4-3-11-28-19(13-27-21(14)28)18-12-17(32(29,30)26-2)9-10-20(18)31-16-7-5-15(6-8-16)22(23,24)25/h3-11,13,17,26H,12H2,1-2H3. The Balaban J connectivity index is 1.78. The third-order valence-electron chi connectivity index (χ3n) is 5.30. The van der Waals surface area contributed by atoms with Crippen LogP contribution < -0.4 is 9.46 Å². The van der Waals surface area contributed by atoms with Crippen LogP contribution in [0.2, 0.25) is 0 Å². The average molecular weight is 463 g/mol. The topological polar surface area (TPSA) is 72.7 Å². The minimum absolute atomic E-state index is 0.109. The number of imidazole rings is 1. The Morgan fingerprint density at radius 1 is 1.19 bits per heavy atom. The molecule has 168 valence electrons. The molecule has 1 aliphatic rings. The van der Waals surface area contributed by atoms with E-state index in [-0.39, 0.29) is 12.2 Å². The van der Waals surface area contributed by atoms with E-state index >= 15 is 0 Å². The van der Waals surface area contributed by atoms with E-state index in [2.05, 4.69) is 9.71 Å². The van der Waals surface area contributed by atoms with Crippen LogP contribution in [0.1, 0.15) is 23.2 Å². The molecule has 0 bridgehead atoms. The number of aromatic nitrogens is 2. The van der Waals surface area contributed by atoms with Gasteiger partial charge in [0.05, 0.1) is 22.7 Å². The fraction of sp³-hybridized carbons (Fsp3) is 0.227. The Hall–Kier alpha value is -3.11. The second kappa shape index (κ2) is 8.10. The number of pyridine rings is 1. The number of hydrogen-bond acceptors (Lipinski definition) is 4. The summed E-state index contributed by atoms with van der Waals surface area (Å²) in [6.45, 7) is 1.91. The third-order valence-corrected chi connectivity index (χ3v) is 6.99. The number of nitrogens with one attached hydrogen (secondary N) is 1. The zero-order chi connectivity index (χ0) is 23.1. The van der Waals surface area contributed by atoms with Crippen molar-refractivity contribution in [1.82, 2.24) is 14.1 Å². The van der Waals surface area contributed by atoms with Crippen molar-refractivity contribution >= 4 is 21.2 Å². The Labute approximate surface area is 183 Å². The summed E-state index contributed by atoms with van der Waals surface area (Å²) in [6, 6.07) is 8.11. The number of rotatable bonds is 5. The van der Waals surface area contributed by atoms with Gasteiger partial charge in [-0.3, -0.25) is 4.40 Å². The van der Waals surface area contributed by atoms with Gasteiger partial charge in [-0.25, -0.2) is 18.1 Å². The molecular formula is C22H20F3N3O3S. The van der Waals surface area contributed by atoms with E-state index in [9.17, 15) is 21.6 Å². The molecule has 0 saturated heterocycles. The lowest BCUT2D eigenvalue weighted by Gasteiger charge is -2.22. The highest BCUT2D eigenvalue weighted by Gasteiger charge is 2.31. The lowest BCUT2D eigenvalue weighted by Crippen LogP contribution is -2.32. The van der Waals surface area contributed by atoms with E-state index in [0.717, 1.165) is 17.7 Å². The quantitative estimate of drug-likeness (QED) is 0.612. The molecule has 0 saturated carbocycles. The van der Waals surface area contributed by atoms with Gasteiger partial charge in [-0.1, -0.05) is 12.1 Å². The van der Waals surface area contributed by atoms with Gasteiger partial charge < -0.3 is 4.74 Å². The summed E-state index contributed by atoms with van der Waals surface area (Å²) in [5, 5.41) is -0.835. The zero-order valence-electron chi connectivity index (χ0n) is 17.2. The molecule has 10 heteroatoms. The summed E-state index contributed by atoms with van der Waals surface area (Å²) in [4.78, 5) is 4.44. The first-order valence-corrected chi connectivity index (χ1v) is 11.3. The van der Waals surface area contributed by atoms with Crippen molar-refractivity contribution in [3.05, 3.63) is 83.5 Å². The molecule has 1 atom stereocenters. The summed E-state index contributed by atoms with van der Waals surface area (Å²) in [7, 11) is -2.26. The predicted octanol–water partition coefficient (Wildman–Crippen LogP) is 4.33. The molecule has 0 fully saturated rings. The van der Waals surface area contributed by atoms with Crippen molar-refractivity contribution in [3.63, 3.8) is 0 Å². The minimum atomic E-state index is -4.45. The molecule has 1 N–H and O–H groups in total. The summed E-state index contributed by atoms with van der Waals surface area (Å²) in [6.07, 6.45) is 2.14. The van der Waals surface area contributed by atoms with E-state index < -0.39 is 27.0 Å². The average Bonchev–Trinajstić information content (AvgIpc) is 3.19. The lowest BCUT2D eigenvalue weighted by atomic mass is 10.00. The summed E-state index contributed by atoms with van der Waals surface area (Å²) >= 11 is 0. The lowest BCUT2D eigenvalue weighted by molar-refractivity contribution is -0.137. The van der Waals surface area contributed by atoms with Crippen LogP contribution in [-0.2, 0) is 16.2 Å². The maximum Gasteiger partial charge on any atom is 0.416 e. The number of sulfonamides is 1. The molecule has 0 amide bonds. The van der Waals surface area contributed by atoms with E-state index in [0.29, 0.717) is 22.7 Å². The summed E-state index contributed by atoms with van der Waals surface area (Å²) in [5.41, 5.74) is 2.10. The van der Waals surface area contributed by atoms with Gasteiger partial charge in [-0.15, -0.1) is 0 Å². The van der Waals surface area contributed by atoms with Gasteiger partial charge >= 0.3 is 6.18 Å². The molecule has 0 aliphatic heterocycles. The smallest absolute Gasteiger partial charge is 0.416 e. The zero-order valence-corrected chi connectivity index (χ0v) is 18.0. The number of hydrogen-bond donors (Lipinski definition) is 1. The highest BCUT2D eigenvalue weighted by molar-refractivity contribution is 7.90. The fourth-order valence-electron chi connectivity index (χ4n) is 3.57. The molecule has 2 aromatic heterocycles. The van der Waals surface area contributed by atoms with Crippen LogP contribution in [0.15, 0.2) is 66.7 Å². The maximum absolute atomic E-state index is 12.9. The van der Waals surface area contributed by atoms with Crippen LogP contribution in [0.4, 0.5) is 13.2 Å². The van der Waals surface area contributed by atoms with Gasteiger partial charge in [0.15, 0.2) is 0 Å². The summed E-state index contributed by atoms with van der Waals surface area (Å²) in [5.74, 6) is 0.547. The molecule has 4 rings (SSSR count). The second-order valence-electron chi connectivity index (χ2n) is 7.35. The van der Waals surface area contributed by atoms with Gasteiger partial charge in [-0.2, -0.15) is 13.2 Å². The van der Waals surface area contributed by atoms with Gasteiger partial charge in [-0.05, 0) is 62.4 Å². The van der Waals surface area contributed by atoms with Crippen LogP contribution >= 0.6 is 0 Å². The largest absolute Gasteiger partial charge is 0.457 e. The second-order valence-corrected chi connectivity index (χ2v) is 9.45. The number of allylic oxidation sites excluding steroid dienone is 2. The monoisotopic (exact) mass is 463 g/mol. The number of aryl methyl sites for hydroxylation is 1. The van der Waals surface area contributed by atoms with Crippen molar-refractivity contribution in [2.24, 2.45) is 0 Å². The van der Waals surface area contributed by atoms with Gasteiger partial charge in [0.2, 0.25) is 10.0 Å². The minimum Gasteiger partial charge on any atom is -0.457 e. The van der Waals surface area contributed by atoms with Crippen molar-refractivity contribution in [2.75, 3.05) is 7.05 Å². The highest BCUT2D eigenvalue weighted by atomic mass is 32.2. The van der Waals surface area contributed by atoms with E-state index in [4.69, 9.17) is 4.74 Å². The Morgan fingerprint density at radius 2 is 1.91 bits per heavy atom. The SMILES string of the molecule is CNS(=O)(=O)C1C=CC(Oc2ccc(C(F)(F)F)cc2)=C(c2cnc3c(C)cccn23)C1. The van der Waals surface area contributed by atoms with Crippen molar-refractivity contribution in [1.29, 1.82) is 0 Å². The number of halogens is 3. The molecule has 6 nitrogen and oxygen atoms in total. The first-order chi connectivity index (χ1) is 15.1. The first-order valence-electron chi connectivity index (χ1n) is 9.72. The summed E-state index contributed by atoms with van der Waals surface area (Å²) < 4.78 is 73.5. The van der Waals surface area contributed by atoms with Gasteiger partial charge in [0.25, 0.3) is 0 Å². The normalized spacial score (nSPS) is 17.2. The molecule has 1 aliphatic carbocycles. The van der Waals surface area contributed by atoms with Crippen LogP contribution in [-0.4, -0.2) is 30.1 Å². The van der Waals surface area contributed by atoms with Crippen molar-refractivity contribution < 1.29 is 26.3 Å². The molecule has 1 aromatic carbocycles. The number of alkyl halides is 3. The third kappa shape index (κ3) is 4.15. The Bertz CT molecular complexity index is 1320. The van der Waals surface area contributed by atoms with Crippen LogP contribution in [0.3, 0.4) is 0 Å². The molecular weight excluding hydrogens is 443 g/mol. The number of ether oxygens (including phenoxy) is 1. The van der Waals surface area contributed by atoms with Crippen LogP contribution in [0.25, 0.3) is 11.2 Å². The predicted molar refractivity (Wildman–Crippen MR) is 114 cm³/mol. The fourth-order valence-corrected chi connectivity index (χ4v) is 4.54. The van der Waals surface area contributed by atoms with Gasteiger partial charge in [0.1, 0.15) is 17.2 Å². The van der Waals surface area contributed by atoms with Crippen LogP contribution in [0, 0.1) is 6.92 Å². The maximum atomic E-state index is 12.9. The van der Waals surface area contributed by atoms with E-state index in [1.807, 2.05) is 29.7 Å². The van der Waals surface area contributed by atoms with Crippen LogP contribution in [0.5, 0.6) is 5.75 Å². The first kappa shape index (κ1) is 22.1. The number of nitrogens with zero attached hydrogens (tertiary/aromatic N) is 2. The number of benzene rings is 1. The Morgan fingerprint density at radius 3 is 2.56 bits per heavy atom.